The fourth-order valence-corrected chi connectivity index (χ4v) is 13.1. The van der Waals surface area contributed by atoms with Crippen LogP contribution < -0.4 is 93.3 Å². The van der Waals surface area contributed by atoms with E-state index in [0.29, 0.717) is 57.8 Å². The van der Waals surface area contributed by atoms with Gasteiger partial charge in [-0.25, -0.2) is 4.68 Å². The number of aliphatic hydroxyl groups excluding tert-OH is 1. The Kier molecular flexibility index (Phi) is 37.1. The molecule has 14 amide bonds. The second-order valence-electron chi connectivity index (χ2n) is 27.5. The number of hydrogen-bond acceptors (Lipinski definition) is 23. The largest absolute Gasteiger partial charge is 0.481 e. The van der Waals surface area contributed by atoms with Crippen molar-refractivity contribution in [3.63, 3.8) is 0 Å². The molecule has 5 rings (SSSR count). The monoisotopic (exact) mass is 1620 g/mol. The Morgan fingerprint density at radius 3 is 1.73 bits per heavy atom. The van der Waals surface area contributed by atoms with Crippen molar-refractivity contribution in [3.05, 3.63) is 66.5 Å². The molecule has 620 valence electrons. The lowest BCUT2D eigenvalue weighted by atomic mass is 9.96. The highest BCUT2D eigenvalue weighted by Crippen LogP contribution is 2.32. The van der Waals surface area contributed by atoms with Crippen molar-refractivity contribution in [2.45, 2.75) is 190 Å². The number of nitrogens with two attached hydrogens (primary N) is 7. The molecule has 40 nitrogen and oxygen atoms in total. The number of nitrogens with zero attached hydrogens (tertiary/aromatic N) is 5. The average molecular weight is 1620 g/mol. The molecule has 0 unspecified atom stereocenters. The van der Waals surface area contributed by atoms with Gasteiger partial charge in [0, 0.05) is 60.7 Å². The molecule has 2 aromatic heterocycles. The molecule has 113 heavy (non-hydrogen) atoms. The molecule has 0 saturated carbocycles. The predicted octanol–water partition coefficient (Wildman–Crippen LogP) is -4.67. The smallest absolute Gasteiger partial charge is 0.303 e. The SMILES string of the molecule is CC[C@H](C)[C@H](NC(=O)[C@@H](N)CCCN=C(N)N)C(=O)N[C@@H](CC(N)=O)C(=O)N[C@@H](CC(N)=O)C(=O)N[C@H](C(=O)N1C[C@@H](n2cc(-c3ccccc3N)nn2)C[C@H]1C(=O)N[C@@H](Cc1c[nH]c2ccccc12)C(=O)N[C@@H](CO)C(=O)N[C@@H](CCC(=O)O)C(=O)N[C@@H](C)C(=O)N[C@@H](CCSC)C(=O)N[C@@H](CCSC)C(N)=O)[C@@H](C)CC. The van der Waals surface area contributed by atoms with E-state index in [2.05, 4.69) is 73.5 Å². The van der Waals surface area contributed by atoms with Gasteiger partial charge in [-0.15, -0.1) is 5.10 Å². The zero-order chi connectivity index (χ0) is 83.9. The maximum Gasteiger partial charge on any atom is 0.303 e. The molecule has 0 spiro atoms. The number of benzene rings is 2. The first-order valence-electron chi connectivity index (χ1n) is 36.7. The number of aromatic amines is 1. The van der Waals surface area contributed by atoms with Crippen LogP contribution >= 0.6 is 23.5 Å². The third kappa shape index (κ3) is 28.2. The highest BCUT2D eigenvalue weighted by molar-refractivity contribution is 7.98. The zero-order valence-corrected chi connectivity index (χ0v) is 65.7. The third-order valence-electron chi connectivity index (χ3n) is 19.0. The number of hydrogen-bond donors (Lipinski definition) is 20. The second-order valence-corrected chi connectivity index (χ2v) is 29.5. The summed E-state index contributed by atoms with van der Waals surface area (Å²) in [7, 11) is 0. The number of H-pyrrole nitrogens is 1. The topological polar surface area (TPSA) is 661 Å². The van der Waals surface area contributed by atoms with Crippen molar-refractivity contribution in [2.24, 2.45) is 51.2 Å². The maximum atomic E-state index is 15.7. The quantitative estimate of drug-likeness (QED) is 0.00855. The molecule has 27 N–H and O–H groups in total. The molecule has 42 heteroatoms. The van der Waals surface area contributed by atoms with E-state index in [4.69, 9.17) is 40.1 Å². The summed E-state index contributed by atoms with van der Waals surface area (Å²) in [5.41, 5.74) is 42.2. The number of primary amides is 3. The summed E-state index contributed by atoms with van der Waals surface area (Å²) in [6, 6.07) is -5.84. The van der Waals surface area contributed by atoms with Crippen LogP contribution in [0.15, 0.2) is 65.9 Å². The number of fused-ring (bicyclic) bond motifs is 1. The Morgan fingerprint density at radius 1 is 0.611 bits per heavy atom. The number of carbonyl (C=O) groups is 15. The van der Waals surface area contributed by atoms with Crippen molar-refractivity contribution >= 4 is 135 Å². The van der Waals surface area contributed by atoms with E-state index in [1.807, 2.05) is 0 Å². The molecule has 1 aliphatic heterocycles. The van der Waals surface area contributed by atoms with Gasteiger partial charge in [0.25, 0.3) is 0 Å². The first-order chi connectivity index (χ1) is 53.6. The number of aliphatic carboxylic acids is 1. The average Bonchev–Trinajstić information content (AvgIpc) is 1.63. The minimum atomic E-state index is -1.95. The van der Waals surface area contributed by atoms with Crippen LogP contribution in [-0.2, 0) is 78.3 Å². The van der Waals surface area contributed by atoms with Crippen molar-refractivity contribution in [1.29, 1.82) is 0 Å². The maximum absolute atomic E-state index is 15.7. The normalized spacial score (nSPS) is 16.7. The summed E-state index contributed by atoms with van der Waals surface area (Å²) in [6.07, 6.45) is 4.07. The van der Waals surface area contributed by atoms with Gasteiger partial charge in [-0.2, -0.15) is 23.5 Å². The van der Waals surface area contributed by atoms with E-state index < -0.39 is 211 Å². The Labute approximate surface area is 660 Å². The standard InChI is InChI=1S/C71H107N23O17S2/c1-8-35(3)57(89-61(102)43(73)18-14-24-79-71(77)78)69(110)87-49(29-54(74)96)65(106)85-50(30-55(75)97)66(107)90-58(36(4)9-2)70(111)93-32-39(94-33-51(91-92-94)41-16-10-12-17-42(41)72)28-53(93)68(109)86-48(27-38-31-80-44-19-13-11-15-40(38)44)64(105)88-52(34-95)67(108)84-46(20-21-56(98)99)62(103)81-37(5)60(101)83-47(23-26-113-7)63(104)82-45(59(76)100)22-25-112-6/h10-13,15-17,19,31,33,35-37,39,43,45-50,52-53,57-58,80,95H,8-9,14,18,20-30,32,34,72-73H2,1-7H3,(H2,74,96)(H2,75,97)(H2,76,100)(H,81,103)(H,82,104)(H,83,101)(H,84,108)(H,85,106)(H,86,109)(H,87,110)(H,88,105)(H,89,102)(H,90,107)(H,98,99)(H4,77,78,79)/t35-,36-,37-,39-,43-,45-,46-,47-,48-,49-,50-,52-,53-,57-,58-/m0/s1. The molecule has 1 fully saturated rings. The zero-order valence-electron chi connectivity index (χ0n) is 64.1. The Bertz CT molecular complexity index is 4050. The number of carboxylic acids is 1. The van der Waals surface area contributed by atoms with Crippen molar-refractivity contribution in [1.82, 2.24) is 78.0 Å². The van der Waals surface area contributed by atoms with Gasteiger partial charge < -0.3 is 113 Å². The van der Waals surface area contributed by atoms with Gasteiger partial charge in [-0.3, -0.25) is 76.9 Å². The number of aliphatic imine (C=N–C) groups is 1. The molecule has 0 aliphatic carbocycles. The number of carboxylic acid groups (broad SMARTS) is 1. The first kappa shape index (κ1) is 92.5. The molecule has 1 aliphatic rings. The fourth-order valence-electron chi connectivity index (χ4n) is 12.1. The Balaban J connectivity index is 1.48. The van der Waals surface area contributed by atoms with Crippen LogP contribution in [0.25, 0.3) is 22.2 Å². The number of guanidine groups is 1. The molecular formula is C71H107N23O17S2. The minimum Gasteiger partial charge on any atom is -0.481 e. The van der Waals surface area contributed by atoms with Gasteiger partial charge in [0.2, 0.25) is 82.7 Å². The number of nitrogens with one attached hydrogen (secondary N) is 11. The van der Waals surface area contributed by atoms with Gasteiger partial charge in [0.05, 0.1) is 37.7 Å². The number of para-hydroxylation sites is 2. The van der Waals surface area contributed by atoms with Gasteiger partial charge in [-0.1, -0.05) is 82.1 Å². The molecule has 3 heterocycles. The third-order valence-corrected chi connectivity index (χ3v) is 20.3. The lowest BCUT2D eigenvalue weighted by Gasteiger charge is -2.33. The van der Waals surface area contributed by atoms with Gasteiger partial charge in [0.15, 0.2) is 5.96 Å². The van der Waals surface area contributed by atoms with E-state index >= 15 is 14.4 Å². The molecule has 1 saturated heterocycles. The number of carbonyl (C=O) groups excluding carboxylic acids is 14. The van der Waals surface area contributed by atoms with Gasteiger partial charge in [0.1, 0.15) is 72.2 Å². The number of aromatic nitrogens is 4. The van der Waals surface area contributed by atoms with Crippen LogP contribution in [0.5, 0.6) is 0 Å². The van der Waals surface area contributed by atoms with Crippen molar-refractivity contribution in [3.8, 4) is 11.3 Å². The molecule has 0 bridgehead atoms. The summed E-state index contributed by atoms with van der Waals surface area (Å²) in [6.45, 7) is 6.49. The molecule has 0 radical (unpaired) electrons. The highest BCUT2D eigenvalue weighted by atomic mass is 32.2. The van der Waals surface area contributed by atoms with Gasteiger partial charge >= 0.3 is 5.97 Å². The highest BCUT2D eigenvalue weighted by Gasteiger charge is 2.46. The summed E-state index contributed by atoms with van der Waals surface area (Å²) in [4.78, 5) is 216. The van der Waals surface area contributed by atoms with Crippen LogP contribution in [0.3, 0.4) is 0 Å². The molecule has 15 atom stereocenters. The van der Waals surface area contributed by atoms with Crippen LogP contribution in [-0.4, -0.2) is 246 Å². The van der Waals surface area contributed by atoms with E-state index in [1.54, 1.807) is 94.9 Å². The van der Waals surface area contributed by atoms with Crippen molar-refractivity contribution in [2.75, 3.05) is 49.4 Å². The van der Waals surface area contributed by atoms with Crippen LogP contribution in [0, 0.1) is 11.8 Å². The van der Waals surface area contributed by atoms with Crippen LogP contribution in [0.1, 0.15) is 117 Å². The first-order valence-corrected chi connectivity index (χ1v) is 39.5. The molecule has 2 aromatic carbocycles. The Hall–Kier alpha value is -11.1. The number of rotatable bonds is 48. The van der Waals surface area contributed by atoms with Crippen molar-refractivity contribution < 1.29 is 82.1 Å². The van der Waals surface area contributed by atoms with E-state index in [-0.39, 0.29) is 57.6 Å². The van der Waals surface area contributed by atoms with Crippen LogP contribution in [0.4, 0.5) is 5.69 Å². The fraction of sp³-hybridized carbons (Fsp3) is 0.549. The Morgan fingerprint density at radius 2 is 1.13 bits per heavy atom. The summed E-state index contributed by atoms with van der Waals surface area (Å²) >= 11 is 2.77. The summed E-state index contributed by atoms with van der Waals surface area (Å²) < 4.78 is 1.39. The number of nitrogen functional groups attached to an aromatic ring is 1. The second kappa shape index (κ2) is 45.4. The number of thioether (sulfide) groups is 2. The van der Waals surface area contributed by atoms with E-state index in [0.717, 1.165) is 4.90 Å². The predicted molar refractivity (Wildman–Crippen MR) is 420 cm³/mol. The number of aliphatic hydroxyl groups is 1. The lowest BCUT2D eigenvalue weighted by molar-refractivity contribution is -0.144. The summed E-state index contributed by atoms with van der Waals surface area (Å²) in [5.74, 6) is -16.3. The van der Waals surface area contributed by atoms with Crippen LogP contribution in [0.2, 0.25) is 0 Å². The van der Waals surface area contributed by atoms with E-state index in [1.165, 1.54) is 41.3 Å². The number of anilines is 1. The minimum absolute atomic E-state index is 0.0862. The molecule has 4 aromatic rings. The number of amides is 14. The lowest BCUT2D eigenvalue weighted by Crippen LogP contribution is -2.62. The molecular weight excluding hydrogens is 1510 g/mol. The summed E-state index contributed by atoms with van der Waals surface area (Å²) in [5, 5.41) is 54.8. The van der Waals surface area contributed by atoms with Gasteiger partial charge in [-0.05, 0) is 92.6 Å². The number of likely N-dealkylation sites (tertiary alicyclic amines) is 1. The van der Waals surface area contributed by atoms with E-state index in [9.17, 15) is 67.7 Å².